The van der Waals surface area contributed by atoms with Gasteiger partial charge in [0, 0.05) is 4.47 Å². The molecule has 10 heteroatoms. The Kier molecular flexibility index (Phi) is 8.22. The van der Waals surface area contributed by atoms with Crippen LogP contribution in [0.3, 0.4) is 0 Å². The van der Waals surface area contributed by atoms with Crippen LogP contribution < -0.4 is 19.7 Å². The summed E-state index contributed by atoms with van der Waals surface area (Å²) in [7, 11) is 1.48. The van der Waals surface area contributed by atoms with Gasteiger partial charge in [-0.05, 0) is 65.6 Å². The predicted octanol–water partition coefficient (Wildman–Crippen LogP) is 6.57. The summed E-state index contributed by atoms with van der Waals surface area (Å²) in [6.45, 7) is 2.21. The van der Waals surface area contributed by atoms with Gasteiger partial charge < -0.3 is 9.47 Å². The van der Waals surface area contributed by atoms with E-state index in [9.17, 15) is 14.4 Å². The van der Waals surface area contributed by atoms with Gasteiger partial charge in [0.25, 0.3) is 11.8 Å². The van der Waals surface area contributed by atoms with E-state index in [-0.39, 0.29) is 12.2 Å². The molecule has 3 aromatic rings. The number of hydrogen-bond acceptors (Lipinski definition) is 5. The number of nitrogens with one attached hydrogen (secondary N) is 1. The summed E-state index contributed by atoms with van der Waals surface area (Å²) < 4.78 is 11.9. The fourth-order valence-corrected chi connectivity index (χ4v) is 4.41. The molecule has 4 rings (SSSR count). The molecular weight excluding hydrogens is 583 g/mol. The Balaban J connectivity index is 1.62. The number of halogens is 3. The second-order valence-corrected chi connectivity index (χ2v) is 9.71. The molecule has 1 N–H and O–H groups in total. The zero-order valence-corrected chi connectivity index (χ0v) is 22.9. The van der Waals surface area contributed by atoms with E-state index in [0.717, 1.165) is 22.4 Å². The maximum atomic E-state index is 13.2. The quantitative estimate of drug-likeness (QED) is 0.244. The highest BCUT2D eigenvalue weighted by atomic mass is 79.9. The van der Waals surface area contributed by atoms with Crippen LogP contribution in [0.5, 0.6) is 11.5 Å². The largest absolute Gasteiger partial charge is 0.493 e. The average molecular weight is 604 g/mol. The van der Waals surface area contributed by atoms with E-state index in [1.165, 1.54) is 13.2 Å². The molecule has 7 nitrogen and oxygen atoms in total. The van der Waals surface area contributed by atoms with Gasteiger partial charge in [-0.1, -0.05) is 64.3 Å². The van der Waals surface area contributed by atoms with Gasteiger partial charge in [0.15, 0.2) is 11.5 Å². The standard InChI is InChI=1S/C27H21BrCl2N2O5/c1-3-15-4-7-18(8-5-15)32-26(34)19(25(33)31-27(32)35)11-17-12-23(36-2)24(13-20(17)28)37-14-16-6-9-21(29)22(30)10-16/h4-13H,3,14H2,1-2H3,(H,31,33,35)/b19-11-. The van der Waals surface area contributed by atoms with Crippen molar-refractivity contribution in [2.75, 3.05) is 12.0 Å². The molecule has 1 fully saturated rings. The highest BCUT2D eigenvalue weighted by molar-refractivity contribution is 9.10. The van der Waals surface area contributed by atoms with Crippen molar-refractivity contribution in [1.82, 2.24) is 5.32 Å². The second-order valence-electron chi connectivity index (χ2n) is 8.04. The van der Waals surface area contributed by atoms with E-state index < -0.39 is 17.8 Å². The number of aryl methyl sites for hydroxylation is 1. The summed E-state index contributed by atoms with van der Waals surface area (Å²) in [5.41, 5.74) is 2.50. The molecule has 0 aromatic heterocycles. The zero-order chi connectivity index (χ0) is 26.7. The minimum absolute atomic E-state index is 0.202. The Bertz CT molecular complexity index is 1420. The van der Waals surface area contributed by atoms with Gasteiger partial charge in [-0.2, -0.15) is 0 Å². The topological polar surface area (TPSA) is 84.9 Å². The van der Waals surface area contributed by atoms with Gasteiger partial charge in [0.2, 0.25) is 0 Å². The number of anilines is 1. The molecule has 0 aliphatic carbocycles. The molecule has 0 saturated carbocycles. The van der Waals surface area contributed by atoms with Crippen molar-refractivity contribution in [3.8, 4) is 11.5 Å². The van der Waals surface area contributed by atoms with E-state index in [2.05, 4.69) is 21.2 Å². The maximum absolute atomic E-state index is 13.2. The van der Waals surface area contributed by atoms with Crippen molar-refractivity contribution in [1.29, 1.82) is 0 Å². The van der Waals surface area contributed by atoms with Crippen molar-refractivity contribution in [2.45, 2.75) is 20.0 Å². The summed E-state index contributed by atoms with van der Waals surface area (Å²) in [6, 6.07) is 14.7. The van der Waals surface area contributed by atoms with E-state index in [1.54, 1.807) is 42.5 Å². The predicted molar refractivity (Wildman–Crippen MR) is 146 cm³/mol. The summed E-state index contributed by atoms with van der Waals surface area (Å²) >= 11 is 15.5. The summed E-state index contributed by atoms with van der Waals surface area (Å²) in [4.78, 5) is 39.3. The molecule has 1 saturated heterocycles. The molecule has 1 heterocycles. The molecule has 3 aromatic carbocycles. The number of barbiturate groups is 1. The minimum Gasteiger partial charge on any atom is -0.493 e. The van der Waals surface area contributed by atoms with E-state index in [4.69, 9.17) is 32.7 Å². The fraction of sp³-hybridized carbons (Fsp3) is 0.148. The Morgan fingerprint density at radius 3 is 2.30 bits per heavy atom. The van der Waals surface area contributed by atoms with Gasteiger partial charge in [-0.3, -0.25) is 14.9 Å². The highest BCUT2D eigenvalue weighted by Gasteiger charge is 2.37. The number of urea groups is 1. The van der Waals surface area contributed by atoms with Crippen LogP contribution in [0.15, 0.2) is 64.6 Å². The number of ether oxygens (including phenoxy) is 2. The lowest BCUT2D eigenvalue weighted by Crippen LogP contribution is -2.54. The molecule has 0 unspecified atom stereocenters. The Morgan fingerprint density at radius 1 is 0.946 bits per heavy atom. The van der Waals surface area contributed by atoms with Crippen LogP contribution in [-0.4, -0.2) is 25.0 Å². The monoisotopic (exact) mass is 602 g/mol. The number of hydrogen-bond donors (Lipinski definition) is 1. The number of nitrogens with zero attached hydrogens (tertiary/aromatic N) is 1. The first kappa shape index (κ1) is 26.7. The molecule has 1 aliphatic rings. The van der Waals surface area contributed by atoms with Gasteiger partial charge in [0.05, 0.1) is 22.8 Å². The first-order chi connectivity index (χ1) is 17.7. The normalized spacial score (nSPS) is 14.7. The van der Waals surface area contributed by atoms with E-state index in [0.29, 0.717) is 37.3 Å². The zero-order valence-electron chi connectivity index (χ0n) is 19.8. The van der Waals surface area contributed by atoms with Gasteiger partial charge in [0.1, 0.15) is 12.2 Å². The summed E-state index contributed by atoms with van der Waals surface area (Å²) in [6.07, 6.45) is 2.21. The number of carbonyl (C=O) groups excluding carboxylic acids is 3. The highest BCUT2D eigenvalue weighted by Crippen LogP contribution is 2.36. The van der Waals surface area contributed by atoms with Crippen molar-refractivity contribution >= 4 is 68.7 Å². The third-order valence-electron chi connectivity index (χ3n) is 5.67. The van der Waals surface area contributed by atoms with Crippen LogP contribution in [0.25, 0.3) is 6.08 Å². The third-order valence-corrected chi connectivity index (χ3v) is 7.09. The second kappa shape index (κ2) is 11.4. The maximum Gasteiger partial charge on any atom is 0.335 e. The van der Waals surface area contributed by atoms with Crippen LogP contribution >= 0.6 is 39.1 Å². The lowest BCUT2D eigenvalue weighted by atomic mass is 10.1. The Hall–Kier alpha value is -3.33. The number of carbonyl (C=O) groups is 3. The SMILES string of the molecule is CCc1ccc(N2C(=O)NC(=O)/C(=C/c3cc(OC)c(OCc4ccc(Cl)c(Cl)c4)cc3Br)C2=O)cc1. The first-order valence-electron chi connectivity index (χ1n) is 11.2. The van der Waals surface area contributed by atoms with Crippen molar-refractivity contribution in [3.05, 3.63) is 91.4 Å². The van der Waals surface area contributed by atoms with Gasteiger partial charge >= 0.3 is 6.03 Å². The Labute approximate surface area is 232 Å². The Morgan fingerprint density at radius 2 is 1.65 bits per heavy atom. The van der Waals surface area contributed by atoms with E-state index >= 15 is 0 Å². The lowest BCUT2D eigenvalue weighted by molar-refractivity contribution is -0.122. The summed E-state index contributed by atoms with van der Waals surface area (Å²) in [5.74, 6) is -0.720. The molecule has 4 amide bonds. The van der Waals surface area contributed by atoms with Crippen molar-refractivity contribution in [2.24, 2.45) is 0 Å². The van der Waals surface area contributed by atoms with Crippen LogP contribution in [0.4, 0.5) is 10.5 Å². The van der Waals surface area contributed by atoms with Crippen LogP contribution in [0.2, 0.25) is 10.0 Å². The molecule has 0 atom stereocenters. The average Bonchev–Trinajstić information content (AvgIpc) is 2.88. The van der Waals surface area contributed by atoms with E-state index in [1.807, 2.05) is 19.1 Å². The molecule has 190 valence electrons. The number of methoxy groups -OCH3 is 1. The molecular formula is C27H21BrCl2N2O5. The van der Waals surface area contributed by atoms with Gasteiger partial charge in [-0.15, -0.1) is 0 Å². The van der Waals surface area contributed by atoms with Crippen molar-refractivity contribution in [3.63, 3.8) is 0 Å². The molecule has 1 aliphatic heterocycles. The number of benzene rings is 3. The summed E-state index contributed by atoms with van der Waals surface area (Å²) in [5, 5.41) is 3.10. The number of rotatable bonds is 7. The molecule has 0 spiro atoms. The number of amides is 4. The number of imide groups is 2. The minimum atomic E-state index is -0.806. The van der Waals surface area contributed by atoms with Gasteiger partial charge in [-0.25, -0.2) is 9.69 Å². The molecule has 0 radical (unpaired) electrons. The van der Waals surface area contributed by atoms with Crippen molar-refractivity contribution < 1.29 is 23.9 Å². The van der Waals surface area contributed by atoms with Crippen LogP contribution in [0, 0.1) is 0 Å². The molecule has 0 bridgehead atoms. The molecule has 37 heavy (non-hydrogen) atoms. The lowest BCUT2D eigenvalue weighted by Gasteiger charge is -2.26. The first-order valence-corrected chi connectivity index (χ1v) is 12.7. The third kappa shape index (κ3) is 5.82. The van der Waals surface area contributed by atoms with Crippen LogP contribution in [0.1, 0.15) is 23.6 Å². The smallest absolute Gasteiger partial charge is 0.335 e. The fourth-order valence-electron chi connectivity index (χ4n) is 3.65. The van der Waals surface area contributed by atoms with Crippen LogP contribution in [-0.2, 0) is 22.6 Å².